The molecule has 0 nitrogen and oxygen atoms in total. The second-order valence-electron chi connectivity index (χ2n) is 4.84. The SMILES string of the molecule is Cc1ccc(CC(Br)c2csc3ccccc23)cc1. The molecule has 0 aliphatic heterocycles. The molecule has 2 aromatic carbocycles. The van der Waals surface area contributed by atoms with Gasteiger partial charge in [0, 0.05) is 9.53 Å². The minimum absolute atomic E-state index is 0.381. The summed E-state index contributed by atoms with van der Waals surface area (Å²) in [5, 5.41) is 3.65. The first-order valence-corrected chi connectivity index (χ1v) is 8.19. The Balaban J connectivity index is 1.87. The maximum Gasteiger partial charge on any atom is 0.0450 e. The molecule has 96 valence electrons. The van der Waals surface area contributed by atoms with E-state index in [4.69, 9.17) is 0 Å². The summed E-state index contributed by atoms with van der Waals surface area (Å²) in [6, 6.07) is 17.4. The van der Waals surface area contributed by atoms with Crippen molar-refractivity contribution in [2.45, 2.75) is 18.2 Å². The Bertz CT molecular complexity index is 682. The van der Waals surface area contributed by atoms with Gasteiger partial charge in [0.05, 0.1) is 0 Å². The predicted molar refractivity (Wildman–Crippen MR) is 88.4 cm³/mol. The first kappa shape index (κ1) is 12.9. The molecule has 0 saturated carbocycles. The lowest BCUT2D eigenvalue weighted by molar-refractivity contribution is 0.961. The van der Waals surface area contributed by atoms with E-state index in [-0.39, 0.29) is 0 Å². The molecule has 0 aliphatic carbocycles. The van der Waals surface area contributed by atoms with Crippen LogP contribution in [-0.4, -0.2) is 0 Å². The second kappa shape index (κ2) is 5.48. The molecule has 0 aliphatic rings. The Labute approximate surface area is 126 Å². The van der Waals surface area contributed by atoms with Gasteiger partial charge in [0.15, 0.2) is 0 Å². The van der Waals surface area contributed by atoms with E-state index in [0.29, 0.717) is 4.83 Å². The normalized spacial score (nSPS) is 12.7. The fourth-order valence-electron chi connectivity index (χ4n) is 2.28. The van der Waals surface area contributed by atoms with Crippen LogP contribution in [-0.2, 0) is 6.42 Å². The number of alkyl halides is 1. The van der Waals surface area contributed by atoms with E-state index in [1.165, 1.54) is 26.8 Å². The highest BCUT2D eigenvalue weighted by Crippen LogP contribution is 2.36. The van der Waals surface area contributed by atoms with E-state index in [1.54, 1.807) is 0 Å². The summed E-state index contributed by atoms with van der Waals surface area (Å²) >= 11 is 5.67. The van der Waals surface area contributed by atoms with E-state index in [1.807, 2.05) is 11.3 Å². The number of fused-ring (bicyclic) bond motifs is 1. The van der Waals surface area contributed by atoms with Crippen LogP contribution in [0.4, 0.5) is 0 Å². The van der Waals surface area contributed by atoms with E-state index < -0.39 is 0 Å². The lowest BCUT2D eigenvalue weighted by Crippen LogP contribution is -1.94. The second-order valence-corrected chi connectivity index (χ2v) is 6.86. The van der Waals surface area contributed by atoms with Gasteiger partial charge in [-0.25, -0.2) is 0 Å². The molecule has 0 bridgehead atoms. The molecule has 0 fully saturated rings. The van der Waals surface area contributed by atoms with Crippen LogP contribution < -0.4 is 0 Å². The van der Waals surface area contributed by atoms with Gasteiger partial charge in [0.2, 0.25) is 0 Å². The van der Waals surface area contributed by atoms with E-state index in [0.717, 1.165) is 6.42 Å². The van der Waals surface area contributed by atoms with E-state index in [9.17, 15) is 0 Å². The van der Waals surface area contributed by atoms with Crippen LogP contribution in [0.15, 0.2) is 53.9 Å². The molecule has 2 heteroatoms. The Morgan fingerprint density at radius 3 is 2.58 bits per heavy atom. The molecule has 3 rings (SSSR count). The van der Waals surface area contributed by atoms with Crippen LogP contribution in [0.3, 0.4) is 0 Å². The zero-order valence-corrected chi connectivity index (χ0v) is 13.2. The van der Waals surface area contributed by atoms with E-state index >= 15 is 0 Å². The molecular weight excluding hydrogens is 316 g/mol. The monoisotopic (exact) mass is 330 g/mol. The number of hydrogen-bond donors (Lipinski definition) is 0. The summed E-state index contributed by atoms with van der Waals surface area (Å²) in [7, 11) is 0. The highest BCUT2D eigenvalue weighted by atomic mass is 79.9. The zero-order chi connectivity index (χ0) is 13.2. The van der Waals surface area contributed by atoms with Gasteiger partial charge in [0.25, 0.3) is 0 Å². The Hall–Kier alpha value is -1.12. The van der Waals surface area contributed by atoms with Crippen molar-refractivity contribution in [1.29, 1.82) is 0 Å². The summed E-state index contributed by atoms with van der Waals surface area (Å²) in [4.78, 5) is 0.381. The number of hydrogen-bond acceptors (Lipinski definition) is 1. The van der Waals surface area contributed by atoms with Gasteiger partial charge in [-0.05, 0) is 41.3 Å². The molecule has 0 saturated heterocycles. The number of halogens is 1. The average Bonchev–Trinajstić information content (AvgIpc) is 2.85. The summed E-state index contributed by atoms with van der Waals surface area (Å²) < 4.78 is 1.37. The molecule has 0 amide bonds. The van der Waals surface area contributed by atoms with Crippen LogP contribution in [0.5, 0.6) is 0 Å². The number of aryl methyl sites for hydroxylation is 1. The molecule has 0 radical (unpaired) electrons. The third-order valence-electron chi connectivity index (χ3n) is 3.38. The van der Waals surface area contributed by atoms with Crippen LogP contribution in [0.25, 0.3) is 10.1 Å². The average molecular weight is 331 g/mol. The quantitative estimate of drug-likeness (QED) is 0.525. The predicted octanol–water partition coefficient (Wildman–Crippen LogP) is 5.89. The minimum Gasteiger partial charge on any atom is -0.143 e. The maximum atomic E-state index is 3.85. The van der Waals surface area contributed by atoms with Crippen LogP contribution >= 0.6 is 27.3 Å². The van der Waals surface area contributed by atoms with Crippen molar-refractivity contribution < 1.29 is 0 Å². The van der Waals surface area contributed by atoms with Gasteiger partial charge in [0.1, 0.15) is 0 Å². The minimum atomic E-state index is 0.381. The first-order chi connectivity index (χ1) is 9.24. The molecule has 0 spiro atoms. The summed E-state index contributed by atoms with van der Waals surface area (Å²) in [6.07, 6.45) is 1.03. The summed E-state index contributed by atoms with van der Waals surface area (Å²) in [5.74, 6) is 0. The standard InChI is InChI=1S/C17H15BrS/c1-12-6-8-13(9-7-12)10-16(18)15-11-19-17-5-3-2-4-14(15)17/h2-9,11,16H,10H2,1H3. The van der Waals surface area contributed by atoms with Crippen molar-refractivity contribution in [3.05, 3.63) is 70.6 Å². The van der Waals surface area contributed by atoms with Gasteiger partial charge in [-0.1, -0.05) is 64.0 Å². The first-order valence-electron chi connectivity index (χ1n) is 6.40. The lowest BCUT2D eigenvalue weighted by atomic mass is 10.0. The molecule has 0 N–H and O–H groups in total. The lowest BCUT2D eigenvalue weighted by Gasteiger charge is -2.09. The van der Waals surface area contributed by atoms with Crippen LogP contribution in [0.1, 0.15) is 21.5 Å². The molecule has 1 aromatic heterocycles. The van der Waals surface area contributed by atoms with Crippen molar-refractivity contribution in [2.75, 3.05) is 0 Å². The summed E-state index contributed by atoms with van der Waals surface area (Å²) in [6.45, 7) is 2.13. The molecule has 1 heterocycles. The van der Waals surface area contributed by atoms with Crippen LogP contribution in [0, 0.1) is 6.92 Å². The fourth-order valence-corrected chi connectivity index (χ4v) is 4.22. The van der Waals surface area contributed by atoms with Gasteiger partial charge < -0.3 is 0 Å². The van der Waals surface area contributed by atoms with Gasteiger partial charge in [-0.2, -0.15) is 0 Å². The maximum absolute atomic E-state index is 3.85. The van der Waals surface area contributed by atoms with Crippen molar-refractivity contribution in [2.24, 2.45) is 0 Å². The molecule has 1 unspecified atom stereocenters. The number of rotatable bonds is 3. The largest absolute Gasteiger partial charge is 0.143 e. The fraction of sp³-hybridized carbons (Fsp3) is 0.176. The molecule has 19 heavy (non-hydrogen) atoms. The van der Waals surface area contributed by atoms with Gasteiger partial charge in [-0.3, -0.25) is 0 Å². The number of thiophene rings is 1. The van der Waals surface area contributed by atoms with Crippen LogP contribution in [0.2, 0.25) is 0 Å². The highest BCUT2D eigenvalue weighted by Gasteiger charge is 2.13. The van der Waals surface area contributed by atoms with Gasteiger partial charge >= 0.3 is 0 Å². The molecule has 1 atom stereocenters. The third kappa shape index (κ3) is 2.75. The topological polar surface area (TPSA) is 0 Å². The van der Waals surface area contributed by atoms with E-state index in [2.05, 4.69) is 76.8 Å². The number of benzene rings is 2. The smallest absolute Gasteiger partial charge is 0.0450 e. The molecule has 3 aromatic rings. The van der Waals surface area contributed by atoms with Crippen molar-refractivity contribution in [3.8, 4) is 0 Å². The highest BCUT2D eigenvalue weighted by molar-refractivity contribution is 9.09. The van der Waals surface area contributed by atoms with Crippen molar-refractivity contribution >= 4 is 37.4 Å². The summed E-state index contributed by atoms with van der Waals surface area (Å²) in [5.41, 5.74) is 4.10. The Morgan fingerprint density at radius 2 is 1.79 bits per heavy atom. The third-order valence-corrected chi connectivity index (χ3v) is 5.18. The Morgan fingerprint density at radius 1 is 1.05 bits per heavy atom. The van der Waals surface area contributed by atoms with Crippen molar-refractivity contribution in [1.82, 2.24) is 0 Å². The van der Waals surface area contributed by atoms with Gasteiger partial charge in [-0.15, -0.1) is 11.3 Å². The Kier molecular flexibility index (Phi) is 3.72. The zero-order valence-electron chi connectivity index (χ0n) is 10.8. The van der Waals surface area contributed by atoms with Crippen molar-refractivity contribution in [3.63, 3.8) is 0 Å². The molecular formula is C17H15BrS.